The SMILES string of the molecule is CC(NC(=O)COC(=O)C(NC(=O)c1ccccc1F)C(C)C)c1ccccc1. The van der Waals surface area contributed by atoms with Crippen molar-refractivity contribution in [1.82, 2.24) is 10.6 Å². The van der Waals surface area contributed by atoms with E-state index >= 15 is 0 Å². The molecule has 0 saturated heterocycles. The standard InChI is InChI=1S/C22H25FN2O4/c1-14(2)20(25-21(27)17-11-7-8-12-18(17)23)22(28)29-13-19(26)24-15(3)16-9-5-4-6-10-16/h4-12,14-15,20H,13H2,1-3H3,(H,24,26)(H,25,27). The largest absolute Gasteiger partial charge is 0.454 e. The topological polar surface area (TPSA) is 84.5 Å². The molecular formula is C22H25FN2O4. The summed E-state index contributed by atoms with van der Waals surface area (Å²) < 4.78 is 18.8. The van der Waals surface area contributed by atoms with Crippen LogP contribution in [-0.2, 0) is 14.3 Å². The van der Waals surface area contributed by atoms with Crippen LogP contribution in [-0.4, -0.2) is 30.4 Å². The zero-order chi connectivity index (χ0) is 21.4. The zero-order valence-corrected chi connectivity index (χ0v) is 16.6. The highest BCUT2D eigenvalue weighted by Gasteiger charge is 2.27. The summed E-state index contributed by atoms with van der Waals surface area (Å²) in [5, 5.41) is 5.22. The molecular weight excluding hydrogens is 375 g/mol. The van der Waals surface area contributed by atoms with Crippen LogP contribution < -0.4 is 10.6 Å². The number of benzene rings is 2. The molecule has 7 heteroatoms. The van der Waals surface area contributed by atoms with Crippen LogP contribution >= 0.6 is 0 Å². The summed E-state index contributed by atoms with van der Waals surface area (Å²) >= 11 is 0. The van der Waals surface area contributed by atoms with Gasteiger partial charge in [-0.05, 0) is 30.5 Å². The molecule has 0 heterocycles. The van der Waals surface area contributed by atoms with Crippen molar-refractivity contribution in [2.45, 2.75) is 32.9 Å². The maximum Gasteiger partial charge on any atom is 0.329 e. The van der Waals surface area contributed by atoms with Gasteiger partial charge in [-0.2, -0.15) is 0 Å². The molecule has 2 rings (SSSR count). The second-order valence-corrected chi connectivity index (χ2v) is 6.98. The van der Waals surface area contributed by atoms with Crippen LogP contribution in [0.4, 0.5) is 4.39 Å². The molecule has 0 bridgehead atoms. The number of nitrogens with one attached hydrogen (secondary N) is 2. The van der Waals surface area contributed by atoms with Crippen molar-refractivity contribution < 1.29 is 23.5 Å². The Hall–Kier alpha value is -3.22. The second kappa shape index (κ2) is 10.4. The molecule has 2 amide bonds. The van der Waals surface area contributed by atoms with Crippen molar-refractivity contribution >= 4 is 17.8 Å². The Labute approximate surface area is 169 Å². The van der Waals surface area contributed by atoms with E-state index in [2.05, 4.69) is 10.6 Å². The van der Waals surface area contributed by atoms with E-state index in [1.165, 1.54) is 18.2 Å². The van der Waals surface area contributed by atoms with Gasteiger partial charge in [0, 0.05) is 0 Å². The molecule has 0 aliphatic heterocycles. The van der Waals surface area contributed by atoms with Crippen molar-refractivity contribution in [3.8, 4) is 0 Å². The van der Waals surface area contributed by atoms with Gasteiger partial charge in [-0.25, -0.2) is 9.18 Å². The van der Waals surface area contributed by atoms with Crippen LogP contribution in [0.5, 0.6) is 0 Å². The Morgan fingerprint density at radius 1 is 0.931 bits per heavy atom. The van der Waals surface area contributed by atoms with Crippen LogP contribution in [0.3, 0.4) is 0 Å². The lowest BCUT2D eigenvalue weighted by atomic mass is 10.0. The molecule has 6 nitrogen and oxygen atoms in total. The van der Waals surface area contributed by atoms with Gasteiger partial charge in [0.15, 0.2) is 6.61 Å². The number of carbonyl (C=O) groups excluding carboxylic acids is 3. The normalized spacial score (nSPS) is 12.7. The highest BCUT2D eigenvalue weighted by Crippen LogP contribution is 2.12. The van der Waals surface area contributed by atoms with E-state index in [1.807, 2.05) is 37.3 Å². The van der Waals surface area contributed by atoms with Gasteiger partial charge in [0.2, 0.25) is 0 Å². The smallest absolute Gasteiger partial charge is 0.329 e. The summed E-state index contributed by atoms with van der Waals surface area (Å²) in [6.07, 6.45) is 0. The van der Waals surface area contributed by atoms with Crippen LogP contribution in [0, 0.1) is 11.7 Å². The summed E-state index contributed by atoms with van der Waals surface area (Å²) in [6, 6.07) is 13.6. The maximum absolute atomic E-state index is 13.8. The Bertz CT molecular complexity index is 855. The average Bonchev–Trinajstić information content (AvgIpc) is 2.70. The van der Waals surface area contributed by atoms with E-state index in [-0.39, 0.29) is 17.5 Å². The van der Waals surface area contributed by atoms with E-state index < -0.39 is 36.2 Å². The third-order valence-electron chi connectivity index (χ3n) is 4.35. The minimum Gasteiger partial charge on any atom is -0.454 e. The highest BCUT2D eigenvalue weighted by atomic mass is 19.1. The first-order valence-electron chi connectivity index (χ1n) is 9.36. The Morgan fingerprint density at radius 2 is 1.55 bits per heavy atom. The molecule has 2 N–H and O–H groups in total. The first-order valence-corrected chi connectivity index (χ1v) is 9.36. The quantitative estimate of drug-likeness (QED) is 0.667. The minimum absolute atomic E-state index is 0.166. The number of esters is 1. The third kappa shape index (κ3) is 6.41. The first-order chi connectivity index (χ1) is 13.8. The molecule has 0 fully saturated rings. The Morgan fingerprint density at radius 3 is 2.17 bits per heavy atom. The van der Waals surface area contributed by atoms with Gasteiger partial charge in [0.25, 0.3) is 11.8 Å². The zero-order valence-electron chi connectivity index (χ0n) is 16.6. The molecule has 2 aromatic rings. The molecule has 0 radical (unpaired) electrons. The molecule has 2 atom stereocenters. The van der Waals surface area contributed by atoms with Crippen LogP contribution in [0.1, 0.15) is 42.7 Å². The van der Waals surface area contributed by atoms with Gasteiger partial charge < -0.3 is 15.4 Å². The number of hydrogen-bond acceptors (Lipinski definition) is 4. The Kier molecular flexibility index (Phi) is 7.88. The lowest BCUT2D eigenvalue weighted by molar-refractivity contribution is -0.151. The van der Waals surface area contributed by atoms with E-state index in [4.69, 9.17) is 4.74 Å². The van der Waals surface area contributed by atoms with Crippen LogP contribution in [0.2, 0.25) is 0 Å². The molecule has 154 valence electrons. The fraction of sp³-hybridized carbons (Fsp3) is 0.318. The number of halogens is 1. The molecule has 2 aromatic carbocycles. The summed E-state index contributed by atoms with van der Waals surface area (Å²) in [5.74, 6) is -2.94. The molecule has 0 spiro atoms. The number of rotatable bonds is 8. The summed E-state index contributed by atoms with van der Waals surface area (Å²) in [4.78, 5) is 36.8. The number of ether oxygens (including phenoxy) is 1. The Balaban J connectivity index is 1.91. The summed E-state index contributed by atoms with van der Waals surface area (Å²) in [7, 11) is 0. The van der Waals surface area contributed by atoms with Gasteiger partial charge in [-0.1, -0.05) is 56.3 Å². The third-order valence-corrected chi connectivity index (χ3v) is 4.35. The lowest BCUT2D eigenvalue weighted by Crippen LogP contribution is -2.46. The minimum atomic E-state index is -1.01. The highest BCUT2D eigenvalue weighted by molar-refractivity contribution is 5.97. The molecule has 0 saturated carbocycles. The lowest BCUT2D eigenvalue weighted by Gasteiger charge is -2.21. The van der Waals surface area contributed by atoms with E-state index in [0.29, 0.717) is 0 Å². The average molecular weight is 400 g/mol. The predicted octanol–water partition coefficient (Wildman–Crippen LogP) is 3.00. The van der Waals surface area contributed by atoms with Gasteiger partial charge in [-0.3, -0.25) is 9.59 Å². The van der Waals surface area contributed by atoms with Crippen LogP contribution in [0.25, 0.3) is 0 Å². The van der Waals surface area contributed by atoms with Gasteiger partial charge in [0.05, 0.1) is 11.6 Å². The van der Waals surface area contributed by atoms with Crippen molar-refractivity contribution in [2.75, 3.05) is 6.61 Å². The van der Waals surface area contributed by atoms with Crippen molar-refractivity contribution in [1.29, 1.82) is 0 Å². The maximum atomic E-state index is 13.8. The van der Waals surface area contributed by atoms with Gasteiger partial charge in [0.1, 0.15) is 11.9 Å². The molecule has 0 aliphatic rings. The number of hydrogen-bond donors (Lipinski definition) is 2. The van der Waals surface area contributed by atoms with Crippen molar-refractivity contribution in [2.24, 2.45) is 5.92 Å². The monoisotopic (exact) mass is 400 g/mol. The van der Waals surface area contributed by atoms with E-state index in [1.54, 1.807) is 13.8 Å². The fourth-order valence-corrected chi connectivity index (χ4v) is 2.70. The number of amides is 2. The van der Waals surface area contributed by atoms with Gasteiger partial charge in [-0.15, -0.1) is 0 Å². The summed E-state index contributed by atoms with van der Waals surface area (Å²) in [6.45, 7) is 4.77. The van der Waals surface area contributed by atoms with Gasteiger partial charge >= 0.3 is 5.97 Å². The molecule has 2 unspecified atom stereocenters. The molecule has 29 heavy (non-hydrogen) atoms. The van der Waals surface area contributed by atoms with E-state index in [0.717, 1.165) is 11.6 Å². The molecule has 0 aromatic heterocycles. The van der Waals surface area contributed by atoms with Crippen LogP contribution in [0.15, 0.2) is 54.6 Å². The molecule has 0 aliphatic carbocycles. The summed E-state index contributed by atoms with van der Waals surface area (Å²) in [5.41, 5.74) is 0.754. The second-order valence-electron chi connectivity index (χ2n) is 6.98. The van der Waals surface area contributed by atoms with Crippen molar-refractivity contribution in [3.63, 3.8) is 0 Å². The first kappa shape index (κ1) is 22.1. The predicted molar refractivity (Wildman–Crippen MR) is 106 cm³/mol. The fourth-order valence-electron chi connectivity index (χ4n) is 2.70. The number of carbonyl (C=O) groups is 3. The van der Waals surface area contributed by atoms with Crippen molar-refractivity contribution in [3.05, 3.63) is 71.5 Å². The van der Waals surface area contributed by atoms with E-state index in [9.17, 15) is 18.8 Å².